The topological polar surface area (TPSA) is 84.9 Å². The Labute approximate surface area is 163 Å². The van der Waals surface area contributed by atoms with Gasteiger partial charge in [0.1, 0.15) is 17.5 Å². The first-order valence-electron chi connectivity index (χ1n) is 8.92. The van der Waals surface area contributed by atoms with Gasteiger partial charge in [-0.05, 0) is 38.1 Å². The number of amides is 2. The van der Waals surface area contributed by atoms with Crippen molar-refractivity contribution in [2.24, 2.45) is 0 Å². The number of nitrogens with zero attached hydrogens (tertiary/aromatic N) is 1. The van der Waals surface area contributed by atoms with Gasteiger partial charge in [0.25, 0.3) is 5.91 Å². The Kier molecular flexibility index (Phi) is 5.63. The van der Waals surface area contributed by atoms with E-state index in [9.17, 15) is 14.4 Å². The van der Waals surface area contributed by atoms with Crippen LogP contribution in [0.15, 0.2) is 42.5 Å². The molecule has 3 rings (SSSR count). The molecular formula is C21H22N2O5. The fraction of sp³-hybridized carbons (Fsp3) is 0.286. The van der Waals surface area contributed by atoms with Crippen LogP contribution in [0.3, 0.4) is 0 Å². The predicted octanol–water partition coefficient (Wildman–Crippen LogP) is 2.33. The molecule has 0 aliphatic carbocycles. The van der Waals surface area contributed by atoms with Crippen molar-refractivity contribution in [1.82, 2.24) is 5.32 Å². The molecule has 0 spiro atoms. The normalized spacial score (nSPS) is 14.0. The van der Waals surface area contributed by atoms with Crippen LogP contribution in [0.1, 0.15) is 29.8 Å². The lowest BCUT2D eigenvalue weighted by atomic mass is 10.1. The second kappa shape index (κ2) is 8.12. The molecule has 1 N–H and O–H groups in total. The third-order valence-electron chi connectivity index (χ3n) is 4.66. The number of rotatable bonds is 6. The standard InChI is InChI=1S/C21H22N2O5/c1-13(21(26)22-11-16-6-4-5-7-18(16)27-3)23-17-10-15(14(2)24)8-9-19(17)28-12-20(23)25/h4-10,13H,11-12H2,1-3H3,(H,22,26). The SMILES string of the molecule is COc1ccccc1CNC(=O)C(C)N1C(=O)COc2ccc(C(C)=O)cc21. The quantitative estimate of drug-likeness (QED) is 0.775. The van der Waals surface area contributed by atoms with E-state index in [-0.39, 0.29) is 30.7 Å². The van der Waals surface area contributed by atoms with Crippen LogP contribution in [0.25, 0.3) is 0 Å². The maximum atomic E-state index is 12.7. The summed E-state index contributed by atoms with van der Waals surface area (Å²) in [7, 11) is 1.57. The van der Waals surface area contributed by atoms with Crippen LogP contribution < -0.4 is 19.7 Å². The molecule has 1 aliphatic heterocycles. The van der Waals surface area contributed by atoms with E-state index >= 15 is 0 Å². The number of hydrogen-bond acceptors (Lipinski definition) is 5. The molecule has 0 saturated carbocycles. The largest absolute Gasteiger partial charge is 0.496 e. The number of fused-ring (bicyclic) bond motifs is 1. The van der Waals surface area contributed by atoms with E-state index in [0.29, 0.717) is 22.7 Å². The Bertz CT molecular complexity index is 925. The Morgan fingerprint density at radius 1 is 1.25 bits per heavy atom. The third-order valence-corrected chi connectivity index (χ3v) is 4.66. The molecule has 0 saturated heterocycles. The molecule has 2 aromatic rings. The molecule has 7 nitrogen and oxygen atoms in total. The summed E-state index contributed by atoms with van der Waals surface area (Å²) in [5.74, 6) is 0.353. The highest BCUT2D eigenvalue weighted by Gasteiger charge is 2.33. The smallest absolute Gasteiger partial charge is 0.265 e. The minimum absolute atomic E-state index is 0.131. The molecule has 1 heterocycles. The molecule has 0 aromatic heterocycles. The second-order valence-corrected chi connectivity index (χ2v) is 6.50. The highest BCUT2D eigenvalue weighted by molar-refractivity contribution is 6.05. The number of ether oxygens (including phenoxy) is 2. The van der Waals surface area contributed by atoms with Gasteiger partial charge < -0.3 is 14.8 Å². The van der Waals surface area contributed by atoms with Gasteiger partial charge >= 0.3 is 0 Å². The van der Waals surface area contributed by atoms with Crippen molar-refractivity contribution in [3.8, 4) is 11.5 Å². The van der Waals surface area contributed by atoms with Gasteiger partial charge in [-0.3, -0.25) is 19.3 Å². The average Bonchev–Trinajstić information content (AvgIpc) is 2.71. The van der Waals surface area contributed by atoms with Crippen LogP contribution in [0.4, 0.5) is 5.69 Å². The van der Waals surface area contributed by atoms with Gasteiger partial charge in [-0.25, -0.2) is 0 Å². The predicted molar refractivity (Wildman–Crippen MR) is 104 cm³/mol. The number of carbonyl (C=O) groups excluding carboxylic acids is 3. The Hall–Kier alpha value is -3.35. The summed E-state index contributed by atoms with van der Waals surface area (Å²) in [6, 6.07) is 11.5. The molecule has 1 atom stereocenters. The van der Waals surface area contributed by atoms with Crippen molar-refractivity contribution in [2.75, 3.05) is 18.6 Å². The van der Waals surface area contributed by atoms with Gasteiger partial charge in [-0.2, -0.15) is 0 Å². The Morgan fingerprint density at radius 3 is 2.71 bits per heavy atom. The minimum Gasteiger partial charge on any atom is -0.496 e. The van der Waals surface area contributed by atoms with E-state index in [1.54, 1.807) is 32.2 Å². The number of Topliss-reactive ketones (excluding diaryl/α,β-unsaturated/α-hetero) is 1. The molecule has 0 radical (unpaired) electrons. The summed E-state index contributed by atoms with van der Waals surface area (Å²) in [6.45, 7) is 3.20. The van der Waals surface area contributed by atoms with Gasteiger partial charge in [0, 0.05) is 17.7 Å². The fourth-order valence-corrected chi connectivity index (χ4v) is 3.11. The van der Waals surface area contributed by atoms with Crippen molar-refractivity contribution < 1.29 is 23.9 Å². The number of carbonyl (C=O) groups is 3. The third kappa shape index (κ3) is 3.83. The van der Waals surface area contributed by atoms with Crippen molar-refractivity contribution in [3.63, 3.8) is 0 Å². The molecule has 146 valence electrons. The summed E-state index contributed by atoms with van der Waals surface area (Å²) in [5, 5.41) is 2.84. The number of hydrogen-bond donors (Lipinski definition) is 1. The Morgan fingerprint density at radius 2 is 2.00 bits per heavy atom. The maximum Gasteiger partial charge on any atom is 0.265 e. The maximum absolute atomic E-state index is 12.7. The van der Waals surface area contributed by atoms with Crippen LogP contribution in [0.5, 0.6) is 11.5 Å². The summed E-state index contributed by atoms with van der Waals surface area (Å²) in [4.78, 5) is 38.3. The van der Waals surface area contributed by atoms with Crippen LogP contribution >= 0.6 is 0 Å². The average molecular weight is 382 g/mol. The molecule has 1 aliphatic rings. The first-order valence-corrected chi connectivity index (χ1v) is 8.92. The molecule has 2 amide bonds. The van der Waals surface area contributed by atoms with Gasteiger partial charge in [0.05, 0.1) is 12.8 Å². The van der Waals surface area contributed by atoms with Crippen LogP contribution in [0.2, 0.25) is 0 Å². The first kappa shape index (κ1) is 19.4. The highest BCUT2D eigenvalue weighted by Crippen LogP contribution is 2.34. The van der Waals surface area contributed by atoms with E-state index in [4.69, 9.17) is 9.47 Å². The van der Waals surface area contributed by atoms with Crippen molar-refractivity contribution in [2.45, 2.75) is 26.4 Å². The van der Waals surface area contributed by atoms with Crippen molar-refractivity contribution in [3.05, 3.63) is 53.6 Å². The molecule has 7 heteroatoms. The number of methoxy groups -OCH3 is 1. The van der Waals surface area contributed by atoms with Crippen molar-refractivity contribution >= 4 is 23.3 Å². The summed E-state index contributed by atoms with van der Waals surface area (Å²) < 4.78 is 10.7. The van der Waals surface area contributed by atoms with Gasteiger partial charge in [-0.1, -0.05) is 18.2 Å². The fourth-order valence-electron chi connectivity index (χ4n) is 3.11. The van der Waals surface area contributed by atoms with Crippen LogP contribution in [0, 0.1) is 0 Å². The van der Waals surface area contributed by atoms with Gasteiger partial charge in [0.2, 0.25) is 5.91 Å². The summed E-state index contributed by atoms with van der Waals surface area (Å²) in [5.41, 5.74) is 1.70. The molecule has 0 fully saturated rings. The van der Waals surface area contributed by atoms with Gasteiger partial charge in [-0.15, -0.1) is 0 Å². The molecule has 0 bridgehead atoms. The summed E-state index contributed by atoms with van der Waals surface area (Å²) in [6.07, 6.45) is 0. The number of para-hydroxylation sites is 1. The Balaban J connectivity index is 1.80. The lowest BCUT2D eigenvalue weighted by molar-refractivity contribution is -0.127. The van der Waals surface area contributed by atoms with Crippen LogP contribution in [-0.4, -0.2) is 37.4 Å². The molecule has 2 aromatic carbocycles. The van der Waals surface area contributed by atoms with E-state index in [2.05, 4.69) is 5.32 Å². The number of benzene rings is 2. The second-order valence-electron chi connectivity index (χ2n) is 6.50. The first-order chi connectivity index (χ1) is 13.4. The van der Waals surface area contributed by atoms with E-state index in [1.165, 1.54) is 11.8 Å². The lowest BCUT2D eigenvalue weighted by Crippen LogP contribution is -2.51. The molecular weight excluding hydrogens is 360 g/mol. The number of nitrogens with one attached hydrogen (secondary N) is 1. The monoisotopic (exact) mass is 382 g/mol. The van der Waals surface area contributed by atoms with E-state index < -0.39 is 6.04 Å². The summed E-state index contributed by atoms with van der Waals surface area (Å²) >= 11 is 0. The molecule has 1 unspecified atom stereocenters. The number of ketones is 1. The minimum atomic E-state index is -0.771. The van der Waals surface area contributed by atoms with E-state index in [0.717, 1.165) is 5.56 Å². The lowest BCUT2D eigenvalue weighted by Gasteiger charge is -2.33. The highest BCUT2D eigenvalue weighted by atomic mass is 16.5. The van der Waals surface area contributed by atoms with Crippen LogP contribution in [-0.2, 0) is 16.1 Å². The number of anilines is 1. The molecule has 28 heavy (non-hydrogen) atoms. The van der Waals surface area contributed by atoms with E-state index in [1.807, 2.05) is 24.3 Å². The van der Waals surface area contributed by atoms with Gasteiger partial charge in [0.15, 0.2) is 12.4 Å². The van der Waals surface area contributed by atoms with Crippen molar-refractivity contribution in [1.29, 1.82) is 0 Å². The zero-order valence-electron chi connectivity index (χ0n) is 16.0. The zero-order valence-corrected chi connectivity index (χ0v) is 16.0. The zero-order chi connectivity index (χ0) is 20.3.